The van der Waals surface area contributed by atoms with Gasteiger partial charge in [-0.25, -0.2) is 0 Å². The molecule has 0 heterocycles. The van der Waals surface area contributed by atoms with E-state index in [1.54, 1.807) is 12.1 Å². The Bertz CT molecular complexity index is 378. The molecule has 0 saturated heterocycles. The Balaban J connectivity index is 2.64. The molecule has 3 nitrogen and oxygen atoms in total. The number of aromatic hydroxyl groups is 1. The molecule has 0 aliphatic carbocycles. The van der Waals surface area contributed by atoms with E-state index in [1.807, 2.05) is 38.1 Å². The normalized spacial score (nSPS) is 14.4. The third-order valence-electron chi connectivity index (χ3n) is 3.06. The van der Waals surface area contributed by atoms with Crippen molar-refractivity contribution >= 4 is 0 Å². The summed E-state index contributed by atoms with van der Waals surface area (Å²) >= 11 is 0. The Kier molecular flexibility index (Phi) is 3.92. The summed E-state index contributed by atoms with van der Waals surface area (Å²) in [6.07, 6.45) is 1.61. The summed E-state index contributed by atoms with van der Waals surface area (Å²) in [5.41, 5.74) is 0.707. The molecule has 3 heteroatoms. The summed E-state index contributed by atoms with van der Waals surface area (Å²) in [5.74, 6) is 0.277. The van der Waals surface area contributed by atoms with E-state index in [0.717, 1.165) is 18.4 Å². The lowest BCUT2D eigenvalue weighted by Crippen LogP contribution is -2.40. The Labute approximate surface area is 96.9 Å². The number of rotatable bonds is 4. The predicted molar refractivity (Wildman–Crippen MR) is 64.1 cm³/mol. The van der Waals surface area contributed by atoms with Gasteiger partial charge in [0.25, 0.3) is 0 Å². The summed E-state index contributed by atoms with van der Waals surface area (Å²) < 4.78 is 0. The largest absolute Gasteiger partial charge is 0.508 e. The van der Waals surface area contributed by atoms with Gasteiger partial charge in [-0.1, -0.05) is 12.1 Å². The molecular weight excluding hydrogens is 200 g/mol. The first-order valence-corrected chi connectivity index (χ1v) is 5.34. The fourth-order valence-corrected chi connectivity index (χ4v) is 1.43. The minimum atomic E-state index is -0.433. The highest BCUT2D eigenvalue weighted by molar-refractivity contribution is 5.26. The molecule has 16 heavy (non-hydrogen) atoms. The van der Waals surface area contributed by atoms with Crippen molar-refractivity contribution in [3.63, 3.8) is 0 Å². The Morgan fingerprint density at radius 3 is 2.31 bits per heavy atom. The second-order valence-electron chi connectivity index (χ2n) is 4.45. The van der Waals surface area contributed by atoms with Gasteiger partial charge in [0.15, 0.2) is 0 Å². The van der Waals surface area contributed by atoms with Crippen LogP contribution in [0.15, 0.2) is 24.3 Å². The molecule has 1 atom stereocenters. The first-order valence-electron chi connectivity index (χ1n) is 5.34. The van der Waals surface area contributed by atoms with E-state index in [9.17, 15) is 0 Å². The molecule has 86 valence electrons. The maximum absolute atomic E-state index is 9.16. The van der Waals surface area contributed by atoms with Crippen LogP contribution in [0.4, 0.5) is 0 Å². The summed E-state index contributed by atoms with van der Waals surface area (Å²) in [6.45, 7) is 1.94. The number of hydrogen-bond donors (Lipinski definition) is 1. The van der Waals surface area contributed by atoms with Crippen LogP contribution in [0.1, 0.15) is 18.9 Å². The van der Waals surface area contributed by atoms with E-state index in [1.165, 1.54) is 0 Å². The highest BCUT2D eigenvalue weighted by Crippen LogP contribution is 2.19. The second-order valence-corrected chi connectivity index (χ2v) is 4.45. The number of nitrogens with zero attached hydrogens (tertiary/aromatic N) is 2. The predicted octanol–water partition coefficient (Wildman–Crippen LogP) is 2.17. The molecule has 1 aromatic rings. The third-order valence-corrected chi connectivity index (χ3v) is 3.06. The van der Waals surface area contributed by atoms with Crippen molar-refractivity contribution in [2.24, 2.45) is 0 Å². The van der Waals surface area contributed by atoms with E-state index < -0.39 is 5.54 Å². The fourth-order valence-electron chi connectivity index (χ4n) is 1.43. The van der Waals surface area contributed by atoms with Crippen molar-refractivity contribution < 1.29 is 5.11 Å². The van der Waals surface area contributed by atoms with E-state index in [-0.39, 0.29) is 5.75 Å². The summed E-state index contributed by atoms with van der Waals surface area (Å²) in [4.78, 5) is 1.94. The highest BCUT2D eigenvalue weighted by atomic mass is 16.3. The van der Waals surface area contributed by atoms with Gasteiger partial charge >= 0.3 is 0 Å². The summed E-state index contributed by atoms with van der Waals surface area (Å²) in [7, 11) is 3.83. The maximum Gasteiger partial charge on any atom is 0.115 e. The SMILES string of the molecule is CN(C)C(C)(C#N)CCc1ccc(O)cc1. The van der Waals surface area contributed by atoms with Crippen molar-refractivity contribution in [2.75, 3.05) is 14.1 Å². The third kappa shape index (κ3) is 2.98. The van der Waals surface area contributed by atoms with E-state index in [2.05, 4.69) is 6.07 Å². The molecule has 0 spiro atoms. The van der Waals surface area contributed by atoms with E-state index in [4.69, 9.17) is 10.4 Å². The smallest absolute Gasteiger partial charge is 0.115 e. The van der Waals surface area contributed by atoms with Crippen molar-refractivity contribution in [1.29, 1.82) is 5.26 Å². The van der Waals surface area contributed by atoms with Crippen LogP contribution in [0.5, 0.6) is 5.75 Å². The van der Waals surface area contributed by atoms with Crippen molar-refractivity contribution in [3.05, 3.63) is 29.8 Å². The van der Waals surface area contributed by atoms with Crippen molar-refractivity contribution in [3.8, 4) is 11.8 Å². The lowest BCUT2D eigenvalue weighted by atomic mass is 9.93. The molecule has 0 fully saturated rings. The van der Waals surface area contributed by atoms with Gasteiger partial charge in [0.1, 0.15) is 11.3 Å². The molecule has 0 aliphatic heterocycles. The number of phenols is 1. The zero-order chi connectivity index (χ0) is 12.2. The molecular formula is C13H18N2O. The van der Waals surface area contributed by atoms with Crippen LogP contribution >= 0.6 is 0 Å². The minimum absolute atomic E-state index is 0.277. The molecule has 0 amide bonds. The van der Waals surface area contributed by atoms with Gasteiger partial charge in [0, 0.05) is 0 Å². The average Bonchev–Trinajstić information content (AvgIpc) is 2.27. The first kappa shape index (κ1) is 12.5. The van der Waals surface area contributed by atoms with Gasteiger partial charge in [-0.05, 0) is 51.6 Å². The molecule has 0 radical (unpaired) electrons. The average molecular weight is 218 g/mol. The van der Waals surface area contributed by atoms with Crippen LogP contribution in [-0.4, -0.2) is 29.6 Å². The van der Waals surface area contributed by atoms with Gasteiger partial charge in [0.2, 0.25) is 0 Å². The van der Waals surface area contributed by atoms with E-state index in [0.29, 0.717) is 0 Å². The lowest BCUT2D eigenvalue weighted by molar-refractivity contribution is 0.224. The van der Waals surface area contributed by atoms with E-state index >= 15 is 0 Å². The zero-order valence-electron chi connectivity index (χ0n) is 10.1. The monoisotopic (exact) mass is 218 g/mol. The number of aryl methyl sites for hydroxylation is 1. The molecule has 0 aromatic heterocycles. The Hall–Kier alpha value is -1.53. The van der Waals surface area contributed by atoms with Crippen LogP contribution in [0.3, 0.4) is 0 Å². The second kappa shape index (κ2) is 5.00. The van der Waals surface area contributed by atoms with Crippen LogP contribution in [-0.2, 0) is 6.42 Å². The zero-order valence-corrected chi connectivity index (χ0v) is 10.1. The first-order chi connectivity index (χ1) is 7.48. The molecule has 0 saturated carbocycles. The van der Waals surface area contributed by atoms with Crippen molar-refractivity contribution in [1.82, 2.24) is 4.90 Å². The Morgan fingerprint density at radius 1 is 1.31 bits per heavy atom. The summed E-state index contributed by atoms with van der Waals surface area (Å²) in [6, 6.07) is 9.47. The molecule has 1 aromatic carbocycles. The molecule has 1 rings (SSSR count). The molecule has 1 unspecified atom stereocenters. The number of benzene rings is 1. The van der Waals surface area contributed by atoms with Gasteiger partial charge < -0.3 is 5.11 Å². The number of nitriles is 1. The molecule has 1 N–H and O–H groups in total. The fraction of sp³-hybridized carbons (Fsp3) is 0.462. The highest BCUT2D eigenvalue weighted by Gasteiger charge is 2.25. The Morgan fingerprint density at radius 2 is 1.88 bits per heavy atom. The van der Waals surface area contributed by atoms with Crippen LogP contribution in [0.25, 0.3) is 0 Å². The van der Waals surface area contributed by atoms with Gasteiger partial charge in [0.05, 0.1) is 6.07 Å². The lowest BCUT2D eigenvalue weighted by Gasteiger charge is -2.29. The molecule has 0 aliphatic rings. The van der Waals surface area contributed by atoms with Crippen LogP contribution in [0.2, 0.25) is 0 Å². The van der Waals surface area contributed by atoms with Crippen molar-refractivity contribution in [2.45, 2.75) is 25.3 Å². The van der Waals surface area contributed by atoms with Gasteiger partial charge in [-0.2, -0.15) is 5.26 Å². The number of phenolic OH excluding ortho intramolecular Hbond substituents is 1. The summed E-state index contributed by atoms with van der Waals surface area (Å²) in [5, 5.41) is 18.3. The standard InChI is InChI=1S/C13H18N2O/c1-13(10-14,15(2)3)9-8-11-4-6-12(16)7-5-11/h4-7,16H,8-9H2,1-3H3. The topological polar surface area (TPSA) is 47.3 Å². The molecule has 0 bridgehead atoms. The van der Waals surface area contributed by atoms with Crippen LogP contribution < -0.4 is 0 Å². The van der Waals surface area contributed by atoms with Gasteiger partial charge in [-0.3, -0.25) is 4.90 Å². The number of hydrogen-bond acceptors (Lipinski definition) is 3. The minimum Gasteiger partial charge on any atom is -0.508 e. The quantitative estimate of drug-likeness (QED) is 0.842. The maximum atomic E-state index is 9.16. The van der Waals surface area contributed by atoms with Gasteiger partial charge in [-0.15, -0.1) is 0 Å². The van der Waals surface area contributed by atoms with Crippen LogP contribution in [0, 0.1) is 11.3 Å².